The fourth-order valence-electron chi connectivity index (χ4n) is 1.85. The van der Waals surface area contributed by atoms with Crippen molar-refractivity contribution in [3.05, 3.63) is 0 Å². The second kappa shape index (κ2) is 4.70. The Bertz CT molecular complexity index is 237. The predicted octanol–water partition coefficient (Wildman–Crippen LogP) is 0.348. The van der Waals surface area contributed by atoms with E-state index in [-0.39, 0.29) is 12.5 Å². The topological polar surface area (TPSA) is 64.3 Å². The second-order valence-corrected chi connectivity index (χ2v) is 4.07. The van der Waals surface area contributed by atoms with Gasteiger partial charge in [0.2, 0.25) is 5.91 Å². The summed E-state index contributed by atoms with van der Waals surface area (Å²) in [4.78, 5) is 11.7. The number of rotatable bonds is 4. The summed E-state index contributed by atoms with van der Waals surface area (Å²) in [5.74, 6) is -0.151. The molecule has 1 aliphatic rings. The summed E-state index contributed by atoms with van der Waals surface area (Å²) in [5.41, 5.74) is 5.20. The van der Waals surface area contributed by atoms with E-state index in [1.807, 2.05) is 0 Å². The van der Waals surface area contributed by atoms with Crippen molar-refractivity contribution in [1.29, 1.82) is 0 Å². The second-order valence-electron chi connectivity index (χ2n) is 3.63. The molecule has 1 aliphatic carbocycles. The third kappa shape index (κ3) is 2.42. The lowest BCUT2D eigenvalue weighted by atomic mass is 9.97. The minimum Gasteiger partial charge on any atom is -0.391 e. The van der Waals surface area contributed by atoms with Crippen LogP contribution in [0.5, 0.6) is 0 Å². The number of nitrogens with two attached hydrogens (primary N) is 1. The molecule has 0 heterocycles. The van der Waals surface area contributed by atoms with Gasteiger partial charge in [0, 0.05) is 7.11 Å². The smallest absolute Gasteiger partial charge is 0.246 e. The highest BCUT2D eigenvalue weighted by atomic mass is 32.1. The van der Waals surface area contributed by atoms with Gasteiger partial charge in [0.05, 0.1) is 10.5 Å². The maximum Gasteiger partial charge on any atom is 0.246 e. The minimum atomic E-state index is -0.453. The normalized spacial score (nSPS) is 19.2. The molecule has 0 bridgehead atoms. The quantitative estimate of drug-likeness (QED) is 0.665. The Morgan fingerprint density at radius 3 is 2.57 bits per heavy atom. The Morgan fingerprint density at radius 1 is 1.57 bits per heavy atom. The monoisotopic (exact) mass is 216 g/mol. The Morgan fingerprint density at radius 2 is 2.14 bits per heavy atom. The number of hydrogen-bond acceptors (Lipinski definition) is 3. The molecule has 5 heteroatoms. The highest BCUT2D eigenvalue weighted by Gasteiger charge is 2.37. The molecule has 4 nitrogen and oxygen atoms in total. The van der Waals surface area contributed by atoms with Crippen molar-refractivity contribution in [3.63, 3.8) is 0 Å². The van der Waals surface area contributed by atoms with Crippen molar-refractivity contribution in [2.45, 2.75) is 31.2 Å². The van der Waals surface area contributed by atoms with Crippen LogP contribution in [0.1, 0.15) is 25.7 Å². The number of carbonyl (C=O) groups is 1. The average molecular weight is 216 g/mol. The highest BCUT2D eigenvalue weighted by Crippen LogP contribution is 2.29. The van der Waals surface area contributed by atoms with Gasteiger partial charge in [-0.25, -0.2) is 0 Å². The van der Waals surface area contributed by atoms with E-state index in [2.05, 4.69) is 5.32 Å². The third-order valence-electron chi connectivity index (χ3n) is 2.58. The molecule has 1 fully saturated rings. The fourth-order valence-corrected chi connectivity index (χ4v) is 2.10. The number of nitrogens with one attached hydrogen (secondary N) is 1. The first-order valence-electron chi connectivity index (χ1n) is 4.70. The molecule has 0 aromatic carbocycles. The van der Waals surface area contributed by atoms with Gasteiger partial charge < -0.3 is 15.8 Å². The standard InChI is InChI=1S/C9H16N2O2S/c1-13-6-7(12)11-9(8(10)14)4-2-3-5-9/h2-6H2,1H3,(H2,10,14)(H,11,12). The van der Waals surface area contributed by atoms with Crippen LogP contribution in [0.15, 0.2) is 0 Å². The van der Waals surface area contributed by atoms with Gasteiger partial charge in [-0.1, -0.05) is 25.1 Å². The highest BCUT2D eigenvalue weighted by molar-refractivity contribution is 7.80. The predicted molar refractivity (Wildman–Crippen MR) is 58.0 cm³/mol. The van der Waals surface area contributed by atoms with Crippen molar-refractivity contribution in [2.75, 3.05) is 13.7 Å². The lowest BCUT2D eigenvalue weighted by molar-refractivity contribution is -0.125. The van der Waals surface area contributed by atoms with Crippen LogP contribution in [0, 0.1) is 0 Å². The summed E-state index contributed by atoms with van der Waals surface area (Å²) in [6.07, 6.45) is 3.81. The molecule has 1 rings (SSSR count). The first-order valence-corrected chi connectivity index (χ1v) is 5.11. The zero-order valence-corrected chi connectivity index (χ0v) is 9.15. The van der Waals surface area contributed by atoms with E-state index in [0.717, 1.165) is 25.7 Å². The first kappa shape index (κ1) is 11.4. The van der Waals surface area contributed by atoms with Gasteiger partial charge >= 0.3 is 0 Å². The molecule has 14 heavy (non-hydrogen) atoms. The summed E-state index contributed by atoms with van der Waals surface area (Å²) in [6, 6.07) is 0. The van der Waals surface area contributed by atoms with Crippen LogP contribution in [0.3, 0.4) is 0 Å². The van der Waals surface area contributed by atoms with Crippen LogP contribution < -0.4 is 11.1 Å². The van der Waals surface area contributed by atoms with Crippen LogP contribution in [0.2, 0.25) is 0 Å². The fraction of sp³-hybridized carbons (Fsp3) is 0.778. The molecule has 0 spiro atoms. The first-order chi connectivity index (χ1) is 6.60. The molecule has 80 valence electrons. The third-order valence-corrected chi connectivity index (χ3v) is 2.97. The molecule has 0 aromatic rings. The molecule has 0 aliphatic heterocycles. The molecule has 3 N–H and O–H groups in total. The van der Waals surface area contributed by atoms with E-state index < -0.39 is 5.54 Å². The largest absolute Gasteiger partial charge is 0.391 e. The van der Waals surface area contributed by atoms with Crippen LogP contribution in [-0.2, 0) is 9.53 Å². The summed E-state index contributed by atoms with van der Waals surface area (Å²) in [6.45, 7) is 0.0599. The molecular formula is C9H16N2O2S. The number of amides is 1. The SMILES string of the molecule is COCC(=O)NC1(C(N)=S)CCCC1. The van der Waals surface area contributed by atoms with E-state index >= 15 is 0 Å². The van der Waals surface area contributed by atoms with Gasteiger partial charge in [-0.15, -0.1) is 0 Å². The van der Waals surface area contributed by atoms with Crippen molar-refractivity contribution in [2.24, 2.45) is 5.73 Å². The van der Waals surface area contributed by atoms with E-state index in [9.17, 15) is 4.79 Å². The summed E-state index contributed by atoms with van der Waals surface area (Å²) in [7, 11) is 1.49. The molecule has 0 saturated heterocycles. The van der Waals surface area contributed by atoms with Gasteiger partial charge in [0.1, 0.15) is 6.61 Å². The minimum absolute atomic E-state index is 0.0599. The van der Waals surface area contributed by atoms with Gasteiger partial charge in [-0.2, -0.15) is 0 Å². The Hall–Kier alpha value is -0.680. The molecule has 1 amide bonds. The van der Waals surface area contributed by atoms with E-state index in [1.165, 1.54) is 7.11 Å². The molecule has 0 atom stereocenters. The maximum atomic E-state index is 11.4. The Balaban J connectivity index is 2.60. The average Bonchev–Trinajstić information content (AvgIpc) is 2.54. The molecule has 1 saturated carbocycles. The molecule has 0 aromatic heterocycles. The molecule has 0 unspecified atom stereocenters. The van der Waals surface area contributed by atoms with E-state index in [1.54, 1.807) is 0 Å². The maximum absolute atomic E-state index is 11.4. The number of thiocarbonyl (C=S) groups is 1. The van der Waals surface area contributed by atoms with Crippen LogP contribution in [0.25, 0.3) is 0 Å². The summed E-state index contributed by atoms with van der Waals surface area (Å²) >= 11 is 4.99. The van der Waals surface area contributed by atoms with Crippen molar-refractivity contribution in [1.82, 2.24) is 5.32 Å². The van der Waals surface area contributed by atoms with E-state index in [4.69, 9.17) is 22.7 Å². The van der Waals surface area contributed by atoms with E-state index in [0.29, 0.717) is 4.99 Å². The lowest BCUT2D eigenvalue weighted by Gasteiger charge is -2.28. The number of methoxy groups -OCH3 is 1. The Kier molecular flexibility index (Phi) is 3.83. The summed E-state index contributed by atoms with van der Waals surface area (Å²) < 4.78 is 4.74. The van der Waals surface area contributed by atoms with Gasteiger partial charge in [0.25, 0.3) is 0 Å². The van der Waals surface area contributed by atoms with Gasteiger partial charge in [-0.3, -0.25) is 4.79 Å². The van der Waals surface area contributed by atoms with Crippen molar-refractivity contribution < 1.29 is 9.53 Å². The van der Waals surface area contributed by atoms with Crippen LogP contribution in [-0.4, -0.2) is 30.2 Å². The molecule has 0 radical (unpaired) electrons. The Labute approximate surface area is 89.2 Å². The van der Waals surface area contributed by atoms with Crippen LogP contribution in [0.4, 0.5) is 0 Å². The summed E-state index contributed by atoms with van der Waals surface area (Å²) in [5, 5.41) is 2.86. The zero-order valence-electron chi connectivity index (χ0n) is 8.34. The lowest BCUT2D eigenvalue weighted by Crippen LogP contribution is -2.55. The van der Waals surface area contributed by atoms with Crippen molar-refractivity contribution >= 4 is 23.1 Å². The van der Waals surface area contributed by atoms with Crippen molar-refractivity contribution in [3.8, 4) is 0 Å². The van der Waals surface area contributed by atoms with Crippen LogP contribution >= 0.6 is 12.2 Å². The number of carbonyl (C=O) groups excluding carboxylic acids is 1. The van der Waals surface area contributed by atoms with Gasteiger partial charge in [-0.05, 0) is 12.8 Å². The van der Waals surface area contributed by atoms with Gasteiger partial charge in [0.15, 0.2) is 0 Å². The molecular weight excluding hydrogens is 200 g/mol. The number of hydrogen-bond donors (Lipinski definition) is 2. The number of ether oxygens (including phenoxy) is 1. The zero-order chi connectivity index (χ0) is 10.6.